The van der Waals surface area contributed by atoms with Crippen LogP contribution in [0.25, 0.3) is 0 Å². The maximum atomic E-state index is 12.6. The monoisotopic (exact) mass is 412 g/mol. The lowest BCUT2D eigenvalue weighted by Gasteiger charge is -2.34. The summed E-state index contributed by atoms with van der Waals surface area (Å²) in [7, 11) is 0. The Hall–Kier alpha value is -2.39. The van der Waals surface area contributed by atoms with Crippen molar-refractivity contribution < 1.29 is 9.59 Å². The van der Waals surface area contributed by atoms with Crippen LogP contribution in [0.1, 0.15) is 52.4 Å². The number of hydrogen-bond acceptors (Lipinski definition) is 4. The third-order valence-corrected chi connectivity index (χ3v) is 5.55. The Kier molecular flexibility index (Phi) is 10.4. The van der Waals surface area contributed by atoms with Crippen LogP contribution in [0, 0.1) is 23.2 Å². The molecule has 1 aromatic rings. The number of para-hydroxylation sites is 1. The number of amides is 2. The number of nitriles is 1. The first-order chi connectivity index (χ1) is 14.5. The second-order valence-corrected chi connectivity index (χ2v) is 8.55. The number of benzene rings is 1. The van der Waals surface area contributed by atoms with Gasteiger partial charge in [0.15, 0.2) is 0 Å². The Balaban J connectivity index is 1.64. The molecule has 0 aliphatic carbocycles. The molecule has 1 heterocycles. The predicted molar refractivity (Wildman–Crippen MR) is 120 cm³/mol. The van der Waals surface area contributed by atoms with Gasteiger partial charge < -0.3 is 15.1 Å². The van der Waals surface area contributed by atoms with Gasteiger partial charge in [-0.25, -0.2) is 0 Å². The third kappa shape index (κ3) is 8.54. The molecular weight excluding hydrogens is 376 g/mol. The smallest absolute Gasteiger partial charge is 0.227 e. The molecule has 1 N–H and O–H groups in total. The topological polar surface area (TPSA) is 76.4 Å². The Morgan fingerprint density at radius 1 is 1.13 bits per heavy atom. The highest BCUT2D eigenvalue weighted by molar-refractivity contribution is 5.95. The molecule has 1 aliphatic heterocycles. The zero-order chi connectivity index (χ0) is 21.8. The third-order valence-electron chi connectivity index (χ3n) is 5.55. The normalized spacial score (nSPS) is 19.1. The van der Waals surface area contributed by atoms with Crippen molar-refractivity contribution in [3.05, 3.63) is 30.3 Å². The van der Waals surface area contributed by atoms with Crippen molar-refractivity contribution in [2.75, 3.05) is 37.6 Å². The van der Waals surface area contributed by atoms with Crippen molar-refractivity contribution in [2.45, 2.75) is 52.4 Å². The first kappa shape index (κ1) is 23.9. The fourth-order valence-corrected chi connectivity index (χ4v) is 4.27. The van der Waals surface area contributed by atoms with E-state index in [1.165, 1.54) is 19.5 Å². The number of nitrogens with one attached hydrogen (secondary N) is 1. The maximum Gasteiger partial charge on any atom is 0.227 e. The van der Waals surface area contributed by atoms with E-state index in [4.69, 9.17) is 5.26 Å². The molecule has 1 fully saturated rings. The van der Waals surface area contributed by atoms with Crippen LogP contribution in [0.4, 0.5) is 5.69 Å². The Morgan fingerprint density at radius 3 is 2.50 bits per heavy atom. The van der Waals surface area contributed by atoms with Gasteiger partial charge in [-0.15, -0.1) is 0 Å². The van der Waals surface area contributed by atoms with Crippen LogP contribution in [0.5, 0.6) is 0 Å². The maximum absolute atomic E-state index is 12.6. The van der Waals surface area contributed by atoms with Gasteiger partial charge in [0, 0.05) is 44.7 Å². The molecule has 164 valence electrons. The van der Waals surface area contributed by atoms with Crippen LogP contribution < -0.4 is 10.2 Å². The molecule has 0 saturated carbocycles. The van der Waals surface area contributed by atoms with Crippen molar-refractivity contribution in [1.29, 1.82) is 5.26 Å². The summed E-state index contributed by atoms with van der Waals surface area (Å²) in [5, 5.41) is 11.8. The number of hydrogen-bond donors (Lipinski definition) is 1. The van der Waals surface area contributed by atoms with Gasteiger partial charge in [0.05, 0.1) is 12.5 Å². The van der Waals surface area contributed by atoms with Gasteiger partial charge in [0.2, 0.25) is 11.8 Å². The molecule has 2 atom stereocenters. The molecular formula is C24H36N4O2. The lowest BCUT2D eigenvalue weighted by atomic mass is 9.92. The van der Waals surface area contributed by atoms with E-state index in [9.17, 15) is 9.59 Å². The highest BCUT2D eigenvalue weighted by Crippen LogP contribution is 2.21. The van der Waals surface area contributed by atoms with E-state index in [1.54, 1.807) is 4.90 Å². The van der Waals surface area contributed by atoms with Crippen molar-refractivity contribution >= 4 is 17.5 Å². The largest absolute Gasteiger partial charge is 0.356 e. The first-order valence-corrected chi connectivity index (χ1v) is 11.2. The number of nitrogens with zero attached hydrogens (tertiary/aromatic N) is 3. The van der Waals surface area contributed by atoms with E-state index in [2.05, 4.69) is 30.1 Å². The van der Waals surface area contributed by atoms with Gasteiger partial charge in [0.1, 0.15) is 0 Å². The lowest BCUT2D eigenvalue weighted by Crippen LogP contribution is -2.39. The fourth-order valence-electron chi connectivity index (χ4n) is 4.27. The highest BCUT2D eigenvalue weighted by Gasteiger charge is 2.21. The number of anilines is 1. The number of unbranched alkanes of at least 4 members (excludes halogenated alkanes) is 1. The number of rotatable bonds is 11. The summed E-state index contributed by atoms with van der Waals surface area (Å²) in [5.74, 6) is 1.33. The molecule has 0 bridgehead atoms. The van der Waals surface area contributed by atoms with Crippen molar-refractivity contribution in [3.8, 4) is 6.07 Å². The van der Waals surface area contributed by atoms with Crippen LogP contribution in [-0.2, 0) is 9.59 Å². The highest BCUT2D eigenvalue weighted by atomic mass is 16.2. The van der Waals surface area contributed by atoms with Crippen LogP contribution in [0.3, 0.4) is 0 Å². The molecule has 1 saturated heterocycles. The Labute approximate surface area is 181 Å². The molecule has 2 rings (SSSR count). The molecule has 2 unspecified atom stereocenters. The fraction of sp³-hybridized carbons (Fsp3) is 0.625. The molecule has 1 aromatic carbocycles. The van der Waals surface area contributed by atoms with Gasteiger partial charge >= 0.3 is 0 Å². The Bertz CT molecular complexity index is 691. The standard InChI is InChI=1S/C24H36N4O2/c1-20-17-21(2)19-27(18-20)15-7-6-14-26-23(29)11-12-24(30)28(16-8-13-25)22-9-4-3-5-10-22/h3-5,9-10,20-21H,6-8,11-12,14-19H2,1-2H3,(H,26,29). The van der Waals surface area contributed by atoms with Gasteiger partial charge in [-0.3, -0.25) is 9.59 Å². The number of carbonyl (C=O) groups is 2. The van der Waals surface area contributed by atoms with Gasteiger partial charge in [-0.05, 0) is 49.8 Å². The summed E-state index contributed by atoms with van der Waals surface area (Å²) in [4.78, 5) is 28.9. The molecule has 0 aromatic heterocycles. The average Bonchev–Trinajstić information content (AvgIpc) is 2.72. The van der Waals surface area contributed by atoms with E-state index in [-0.39, 0.29) is 31.1 Å². The molecule has 2 amide bonds. The zero-order valence-corrected chi connectivity index (χ0v) is 18.5. The number of likely N-dealkylation sites (tertiary alicyclic amines) is 1. The summed E-state index contributed by atoms with van der Waals surface area (Å²) < 4.78 is 0. The van der Waals surface area contributed by atoms with E-state index in [1.807, 2.05) is 30.3 Å². The first-order valence-electron chi connectivity index (χ1n) is 11.2. The number of piperidine rings is 1. The summed E-state index contributed by atoms with van der Waals surface area (Å²) in [5.41, 5.74) is 0.763. The van der Waals surface area contributed by atoms with E-state index in [0.717, 1.165) is 36.9 Å². The summed E-state index contributed by atoms with van der Waals surface area (Å²) in [6, 6.07) is 11.4. The van der Waals surface area contributed by atoms with Crippen LogP contribution in [0.15, 0.2) is 30.3 Å². The van der Waals surface area contributed by atoms with Crippen molar-refractivity contribution in [1.82, 2.24) is 10.2 Å². The minimum absolute atomic E-state index is 0.0862. The minimum Gasteiger partial charge on any atom is -0.356 e. The summed E-state index contributed by atoms with van der Waals surface area (Å²) in [6.07, 6.45) is 3.95. The molecule has 0 spiro atoms. The lowest BCUT2D eigenvalue weighted by molar-refractivity contribution is -0.125. The van der Waals surface area contributed by atoms with E-state index >= 15 is 0 Å². The summed E-state index contributed by atoms with van der Waals surface area (Å²) in [6.45, 7) is 9.10. The van der Waals surface area contributed by atoms with Crippen LogP contribution in [-0.4, -0.2) is 49.4 Å². The Morgan fingerprint density at radius 2 is 1.83 bits per heavy atom. The molecule has 1 aliphatic rings. The van der Waals surface area contributed by atoms with E-state index in [0.29, 0.717) is 13.1 Å². The van der Waals surface area contributed by atoms with Crippen LogP contribution >= 0.6 is 0 Å². The van der Waals surface area contributed by atoms with Gasteiger partial charge in [-0.1, -0.05) is 32.0 Å². The SMILES string of the molecule is CC1CC(C)CN(CCCCNC(=O)CCC(=O)N(CCC#N)c2ccccc2)C1. The van der Waals surface area contributed by atoms with E-state index < -0.39 is 0 Å². The predicted octanol–water partition coefficient (Wildman–Crippen LogP) is 3.59. The molecule has 0 radical (unpaired) electrons. The average molecular weight is 413 g/mol. The van der Waals surface area contributed by atoms with Crippen molar-refractivity contribution in [2.24, 2.45) is 11.8 Å². The molecule has 30 heavy (non-hydrogen) atoms. The quantitative estimate of drug-likeness (QED) is 0.564. The number of carbonyl (C=O) groups excluding carboxylic acids is 2. The van der Waals surface area contributed by atoms with Crippen molar-refractivity contribution in [3.63, 3.8) is 0 Å². The zero-order valence-electron chi connectivity index (χ0n) is 18.5. The minimum atomic E-state index is -0.125. The summed E-state index contributed by atoms with van der Waals surface area (Å²) >= 11 is 0. The van der Waals surface area contributed by atoms with Gasteiger partial charge in [-0.2, -0.15) is 5.26 Å². The van der Waals surface area contributed by atoms with Gasteiger partial charge in [0.25, 0.3) is 0 Å². The second kappa shape index (κ2) is 13.0. The van der Waals surface area contributed by atoms with Crippen LogP contribution in [0.2, 0.25) is 0 Å². The molecule has 6 nitrogen and oxygen atoms in total. The second-order valence-electron chi connectivity index (χ2n) is 8.55. The molecule has 6 heteroatoms.